The molecule has 0 atom stereocenters. The normalized spacial score (nSPS) is 10.7. The molecule has 1 N–H and O–H groups in total. The Hall–Kier alpha value is -2.82. The molecule has 5 heteroatoms. The molecule has 0 radical (unpaired) electrons. The highest BCUT2D eigenvalue weighted by Crippen LogP contribution is 2.26. The third-order valence-corrected chi connectivity index (χ3v) is 3.65. The third-order valence-electron chi connectivity index (χ3n) is 3.65. The summed E-state index contributed by atoms with van der Waals surface area (Å²) in [5, 5.41) is 3.05. The third kappa shape index (κ3) is 2.90. The number of imidazole rings is 1. The van der Waals surface area contributed by atoms with E-state index in [1.54, 1.807) is 12.4 Å². The highest BCUT2D eigenvalue weighted by atomic mass is 16.5. The van der Waals surface area contributed by atoms with Crippen LogP contribution in [0.2, 0.25) is 0 Å². The quantitative estimate of drug-likeness (QED) is 0.733. The Morgan fingerprint density at radius 2 is 2.13 bits per heavy atom. The molecule has 1 aromatic carbocycles. The first-order valence-corrected chi connectivity index (χ1v) is 7.61. The van der Waals surface area contributed by atoms with Crippen LogP contribution in [0.15, 0.2) is 49.1 Å². The molecule has 0 bridgehead atoms. The van der Waals surface area contributed by atoms with Gasteiger partial charge in [0.2, 0.25) is 0 Å². The van der Waals surface area contributed by atoms with Crippen LogP contribution in [0.5, 0.6) is 5.75 Å². The second kappa shape index (κ2) is 6.12. The molecule has 0 fully saturated rings. The van der Waals surface area contributed by atoms with Crippen molar-refractivity contribution >= 4 is 11.0 Å². The van der Waals surface area contributed by atoms with Crippen molar-refractivity contribution in [2.75, 3.05) is 6.54 Å². The zero-order valence-electron chi connectivity index (χ0n) is 13.6. The summed E-state index contributed by atoms with van der Waals surface area (Å²) in [5.74, 6) is 2.25. The predicted octanol–water partition coefficient (Wildman–Crippen LogP) is 3.50. The molecule has 0 aliphatic rings. The minimum absolute atomic E-state index is 0.551. The Bertz CT molecular complexity index is 867. The highest BCUT2D eigenvalue weighted by molar-refractivity contribution is 5.77. The minimum atomic E-state index is 0.551. The molecule has 0 unspecified atom stereocenters. The molecule has 2 heterocycles. The van der Waals surface area contributed by atoms with Crippen LogP contribution >= 0.6 is 0 Å². The lowest BCUT2D eigenvalue weighted by Crippen LogP contribution is -2.15. The van der Waals surface area contributed by atoms with Gasteiger partial charge >= 0.3 is 0 Å². The molecule has 0 saturated carbocycles. The van der Waals surface area contributed by atoms with Crippen molar-refractivity contribution in [3.05, 3.63) is 60.5 Å². The zero-order valence-corrected chi connectivity index (χ0v) is 13.6. The van der Waals surface area contributed by atoms with Crippen LogP contribution in [-0.4, -0.2) is 21.1 Å². The van der Waals surface area contributed by atoms with Crippen molar-refractivity contribution in [2.24, 2.45) is 0 Å². The monoisotopic (exact) mass is 308 g/mol. The van der Waals surface area contributed by atoms with Gasteiger partial charge < -0.3 is 10.1 Å². The summed E-state index contributed by atoms with van der Waals surface area (Å²) in [4.78, 5) is 8.71. The van der Waals surface area contributed by atoms with E-state index in [1.165, 1.54) is 0 Å². The number of aryl methyl sites for hydroxylation is 2. The fraction of sp³-hybridized carbons (Fsp3) is 0.222. The van der Waals surface area contributed by atoms with Crippen LogP contribution in [-0.2, 0) is 0 Å². The van der Waals surface area contributed by atoms with Crippen molar-refractivity contribution in [1.82, 2.24) is 19.9 Å². The van der Waals surface area contributed by atoms with E-state index in [-0.39, 0.29) is 0 Å². The van der Waals surface area contributed by atoms with E-state index in [1.807, 2.05) is 38.1 Å². The lowest BCUT2D eigenvalue weighted by atomic mass is 10.2. The van der Waals surface area contributed by atoms with E-state index < -0.39 is 0 Å². The number of nitrogens with one attached hydrogen (secondary N) is 1. The van der Waals surface area contributed by atoms with Gasteiger partial charge in [0.25, 0.3) is 0 Å². The van der Waals surface area contributed by atoms with Gasteiger partial charge in [-0.15, -0.1) is 0 Å². The van der Waals surface area contributed by atoms with Crippen molar-refractivity contribution in [1.29, 1.82) is 0 Å². The van der Waals surface area contributed by atoms with Gasteiger partial charge in [0.15, 0.2) is 5.88 Å². The molecule has 3 rings (SSSR count). The molecule has 5 nitrogen and oxygen atoms in total. The van der Waals surface area contributed by atoms with E-state index in [4.69, 9.17) is 4.74 Å². The standard InChI is InChI=1S/C18H20N4O/c1-5-20-14(4)23-15-6-7-17(12(2)10-15)22-13(3)21-16-11-19-9-8-18(16)22/h6-11,20H,4-5H2,1-3H3. The lowest BCUT2D eigenvalue weighted by Gasteiger charge is -2.14. The minimum Gasteiger partial charge on any atom is -0.442 e. The smallest absolute Gasteiger partial charge is 0.186 e. The van der Waals surface area contributed by atoms with Crippen LogP contribution in [0.3, 0.4) is 0 Å². The molecule has 23 heavy (non-hydrogen) atoms. The predicted molar refractivity (Wildman–Crippen MR) is 91.8 cm³/mol. The number of fused-ring (bicyclic) bond motifs is 1. The average Bonchev–Trinajstić information content (AvgIpc) is 2.84. The molecular weight excluding hydrogens is 288 g/mol. The Labute approximate surface area is 135 Å². The Balaban J connectivity index is 2.00. The molecule has 0 saturated heterocycles. The number of nitrogens with zero attached hydrogens (tertiary/aromatic N) is 3. The van der Waals surface area contributed by atoms with E-state index in [2.05, 4.69) is 33.4 Å². The van der Waals surface area contributed by atoms with Crippen LogP contribution < -0.4 is 10.1 Å². The Kier molecular flexibility index (Phi) is 4.02. The number of rotatable bonds is 5. The fourth-order valence-corrected chi connectivity index (χ4v) is 2.67. The SMILES string of the molecule is C=C(NCC)Oc1ccc(-n2c(C)nc3cnccc32)c(C)c1. The van der Waals surface area contributed by atoms with E-state index in [0.29, 0.717) is 5.88 Å². The van der Waals surface area contributed by atoms with Gasteiger partial charge in [-0.1, -0.05) is 0 Å². The van der Waals surface area contributed by atoms with Gasteiger partial charge in [0.05, 0.1) is 17.4 Å². The molecule has 0 aliphatic carbocycles. The Morgan fingerprint density at radius 3 is 2.87 bits per heavy atom. The highest BCUT2D eigenvalue weighted by Gasteiger charge is 2.12. The first kappa shape index (κ1) is 15.1. The maximum atomic E-state index is 5.69. The van der Waals surface area contributed by atoms with Gasteiger partial charge in [-0.05, 0) is 57.2 Å². The number of pyridine rings is 1. The fourth-order valence-electron chi connectivity index (χ4n) is 2.67. The average molecular weight is 308 g/mol. The summed E-state index contributed by atoms with van der Waals surface area (Å²) < 4.78 is 7.82. The molecular formula is C18H20N4O. The molecule has 0 aliphatic heterocycles. The van der Waals surface area contributed by atoms with Crippen molar-refractivity contribution < 1.29 is 4.74 Å². The van der Waals surface area contributed by atoms with Crippen molar-refractivity contribution in [2.45, 2.75) is 20.8 Å². The van der Waals surface area contributed by atoms with E-state index in [0.717, 1.165) is 40.4 Å². The van der Waals surface area contributed by atoms with Crippen LogP contribution in [0.25, 0.3) is 16.7 Å². The first-order valence-electron chi connectivity index (χ1n) is 7.61. The number of hydrogen-bond donors (Lipinski definition) is 1. The Morgan fingerprint density at radius 1 is 1.30 bits per heavy atom. The van der Waals surface area contributed by atoms with Crippen LogP contribution in [0, 0.1) is 13.8 Å². The molecule has 2 aromatic heterocycles. The topological polar surface area (TPSA) is 52.0 Å². The maximum Gasteiger partial charge on any atom is 0.186 e. The first-order chi connectivity index (χ1) is 11.1. The summed E-state index contributed by atoms with van der Waals surface area (Å²) in [7, 11) is 0. The van der Waals surface area contributed by atoms with Gasteiger partial charge in [0, 0.05) is 12.7 Å². The molecule has 3 aromatic rings. The lowest BCUT2D eigenvalue weighted by molar-refractivity contribution is 0.386. The second-order valence-corrected chi connectivity index (χ2v) is 5.36. The van der Waals surface area contributed by atoms with Gasteiger partial charge in [-0.2, -0.15) is 0 Å². The number of ether oxygens (including phenoxy) is 1. The van der Waals surface area contributed by atoms with Crippen LogP contribution in [0.4, 0.5) is 0 Å². The van der Waals surface area contributed by atoms with Crippen molar-refractivity contribution in [3.63, 3.8) is 0 Å². The molecule has 118 valence electrons. The summed E-state index contributed by atoms with van der Waals surface area (Å²) in [6, 6.07) is 7.96. The number of hydrogen-bond acceptors (Lipinski definition) is 4. The van der Waals surface area contributed by atoms with Gasteiger partial charge in [-0.25, -0.2) is 4.98 Å². The van der Waals surface area contributed by atoms with Gasteiger partial charge in [-0.3, -0.25) is 9.55 Å². The van der Waals surface area contributed by atoms with E-state index in [9.17, 15) is 0 Å². The second-order valence-electron chi connectivity index (χ2n) is 5.36. The number of benzene rings is 1. The van der Waals surface area contributed by atoms with Crippen molar-refractivity contribution in [3.8, 4) is 11.4 Å². The van der Waals surface area contributed by atoms with Gasteiger partial charge in [0.1, 0.15) is 17.1 Å². The summed E-state index contributed by atoms with van der Waals surface area (Å²) in [5.41, 5.74) is 4.13. The molecule has 0 amide bonds. The summed E-state index contributed by atoms with van der Waals surface area (Å²) in [6.45, 7) is 10.7. The van der Waals surface area contributed by atoms with E-state index >= 15 is 0 Å². The zero-order chi connectivity index (χ0) is 16.4. The summed E-state index contributed by atoms with van der Waals surface area (Å²) in [6.07, 6.45) is 3.57. The largest absolute Gasteiger partial charge is 0.442 e. The van der Waals surface area contributed by atoms with Crippen LogP contribution in [0.1, 0.15) is 18.3 Å². The summed E-state index contributed by atoms with van der Waals surface area (Å²) >= 11 is 0. The number of aromatic nitrogens is 3. The maximum absolute atomic E-state index is 5.69. The molecule has 0 spiro atoms.